The molecule has 3 rings (SSSR count). The highest BCUT2D eigenvalue weighted by Crippen LogP contribution is 2.27. The van der Waals surface area contributed by atoms with Crippen molar-refractivity contribution in [3.8, 4) is 0 Å². The van der Waals surface area contributed by atoms with Gasteiger partial charge in [-0.3, -0.25) is 4.79 Å². The van der Waals surface area contributed by atoms with E-state index in [2.05, 4.69) is 29.4 Å². The second-order valence-corrected chi connectivity index (χ2v) is 10.4. The van der Waals surface area contributed by atoms with E-state index in [4.69, 9.17) is 0 Å². The minimum atomic E-state index is -3.52. The third-order valence-electron chi connectivity index (χ3n) is 4.86. The van der Waals surface area contributed by atoms with Crippen molar-refractivity contribution in [1.29, 1.82) is 0 Å². The molecule has 8 nitrogen and oxygen atoms in total. The Morgan fingerprint density at radius 3 is 2.48 bits per heavy atom. The van der Waals surface area contributed by atoms with E-state index in [-0.39, 0.29) is 16.6 Å². The van der Waals surface area contributed by atoms with Gasteiger partial charge in [-0.2, -0.15) is 4.31 Å². The number of thioether (sulfide) groups is 1. The predicted octanol–water partition coefficient (Wildman–Crippen LogP) is 2.70. The number of piperidine rings is 1. The lowest BCUT2D eigenvalue weighted by molar-refractivity contribution is -0.113. The van der Waals surface area contributed by atoms with Gasteiger partial charge in [0.1, 0.15) is 6.33 Å². The van der Waals surface area contributed by atoms with Gasteiger partial charge >= 0.3 is 0 Å². The van der Waals surface area contributed by atoms with E-state index in [1.54, 1.807) is 34.9 Å². The van der Waals surface area contributed by atoms with E-state index in [0.717, 1.165) is 13.0 Å². The third-order valence-corrected chi connectivity index (χ3v) is 7.69. The van der Waals surface area contributed by atoms with Gasteiger partial charge in [0.05, 0.1) is 10.6 Å². The summed E-state index contributed by atoms with van der Waals surface area (Å²) in [6.45, 7) is 7.97. The standard InChI is InChI=1S/C19H27N5O3S2/c1-4-23-13-20-22-19(23)28-12-18(25)21-16-5-7-17(8-6-16)29(26,27)24-10-14(2)9-15(3)11-24/h5-8,13-15H,4,9-12H2,1-3H3,(H,21,25). The Bertz CT molecular complexity index is 933. The first kappa shape index (κ1) is 21.8. The summed E-state index contributed by atoms with van der Waals surface area (Å²) in [4.78, 5) is 12.4. The number of hydrogen-bond donors (Lipinski definition) is 1. The normalized spacial score (nSPS) is 20.5. The quantitative estimate of drug-likeness (QED) is 0.669. The molecule has 2 unspecified atom stereocenters. The third kappa shape index (κ3) is 5.37. The van der Waals surface area contributed by atoms with E-state index in [0.29, 0.717) is 35.8 Å². The van der Waals surface area contributed by atoms with Gasteiger partial charge in [-0.05, 0) is 49.4 Å². The smallest absolute Gasteiger partial charge is 0.243 e. The maximum Gasteiger partial charge on any atom is 0.243 e. The van der Waals surface area contributed by atoms with Crippen molar-refractivity contribution in [3.05, 3.63) is 30.6 Å². The molecule has 1 saturated heterocycles. The van der Waals surface area contributed by atoms with Crippen molar-refractivity contribution < 1.29 is 13.2 Å². The number of aromatic nitrogens is 3. The van der Waals surface area contributed by atoms with Crippen molar-refractivity contribution in [1.82, 2.24) is 19.1 Å². The Morgan fingerprint density at radius 1 is 1.21 bits per heavy atom. The molecule has 1 amide bonds. The van der Waals surface area contributed by atoms with Crippen LogP contribution in [0.4, 0.5) is 5.69 Å². The van der Waals surface area contributed by atoms with Crippen molar-refractivity contribution in [2.75, 3.05) is 24.2 Å². The molecule has 1 fully saturated rings. The summed E-state index contributed by atoms with van der Waals surface area (Å²) >= 11 is 1.31. The summed E-state index contributed by atoms with van der Waals surface area (Å²) in [6, 6.07) is 6.35. The average Bonchev–Trinajstić information content (AvgIpc) is 3.13. The van der Waals surface area contributed by atoms with Crippen LogP contribution in [0.25, 0.3) is 0 Å². The van der Waals surface area contributed by atoms with Crippen molar-refractivity contribution in [2.45, 2.75) is 43.8 Å². The molecule has 2 atom stereocenters. The van der Waals surface area contributed by atoms with E-state index >= 15 is 0 Å². The summed E-state index contributed by atoms with van der Waals surface area (Å²) in [5, 5.41) is 11.3. The molecule has 1 aromatic carbocycles. The monoisotopic (exact) mass is 437 g/mol. The first-order valence-corrected chi connectivity index (χ1v) is 12.1. The van der Waals surface area contributed by atoms with Gasteiger partial charge in [0.15, 0.2) is 5.16 Å². The highest BCUT2D eigenvalue weighted by molar-refractivity contribution is 7.99. The molecule has 1 aliphatic rings. The Morgan fingerprint density at radius 2 is 1.86 bits per heavy atom. The minimum absolute atomic E-state index is 0.185. The van der Waals surface area contributed by atoms with Gasteiger partial charge in [-0.1, -0.05) is 25.6 Å². The van der Waals surface area contributed by atoms with Crippen LogP contribution in [-0.4, -0.2) is 52.2 Å². The largest absolute Gasteiger partial charge is 0.325 e. The predicted molar refractivity (Wildman–Crippen MR) is 113 cm³/mol. The molecule has 2 aromatic rings. The second kappa shape index (κ2) is 9.27. The number of nitrogens with zero attached hydrogens (tertiary/aromatic N) is 4. The Labute approximate surface area is 176 Å². The SMILES string of the molecule is CCn1cnnc1SCC(=O)Nc1ccc(S(=O)(=O)N2CC(C)CC(C)C2)cc1. The van der Waals surface area contributed by atoms with Crippen LogP contribution in [0.2, 0.25) is 0 Å². The lowest BCUT2D eigenvalue weighted by Gasteiger charge is -2.34. The lowest BCUT2D eigenvalue weighted by Crippen LogP contribution is -2.42. The number of aryl methyl sites for hydroxylation is 1. The summed E-state index contributed by atoms with van der Waals surface area (Å²) in [6.07, 6.45) is 2.67. The van der Waals surface area contributed by atoms with Gasteiger partial charge in [0.2, 0.25) is 15.9 Å². The lowest BCUT2D eigenvalue weighted by atomic mass is 9.94. The minimum Gasteiger partial charge on any atom is -0.325 e. The van der Waals surface area contributed by atoms with Crippen LogP contribution in [-0.2, 0) is 21.4 Å². The molecule has 158 valence electrons. The zero-order valence-electron chi connectivity index (χ0n) is 16.9. The Hall–Kier alpha value is -1.91. The molecule has 1 aromatic heterocycles. The maximum atomic E-state index is 12.9. The Balaban J connectivity index is 1.60. The first-order chi connectivity index (χ1) is 13.8. The van der Waals surface area contributed by atoms with Crippen LogP contribution >= 0.6 is 11.8 Å². The Kier molecular flexibility index (Phi) is 6.97. The number of anilines is 1. The van der Waals surface area contributed by atoms with Crippen LogP contribution in [0.1, 0.15) is 27.2 Å². The molecule has 2 heterocycles. The number of nitrogens with one attached hydrogen (secondary N) is 1. The maximum absolute atomic E-state index is 12.9. The molecule has 0 aliphatic carbocycles. The number of carbonyl (C=O) groups is 1. The van der Waals surface area contributed by atoms with Gasteiger partial charge in [0.25, 0.3) is 0 Å². The van der Waals surface area contributed by atoms with Gasteiger partial charge in [0, 0.05) is 25.3 Å². The van der Waals surface area contributed by atoms with E-state index in [1.165, 1.54) is 11.8 Å². The number of hydrogen-bond acceptors (Lipinski definition) is 6. The van der Waals surface area contributed by atoms with E-state index in [1.807, 2.05) is 11.5 Å². The summed E-state index contributed by atoms with van der Waals surface area (Å²) < 4.78 is 29.3. The van der Waals surface area contributed by atoms with Crippen LogP contribution in [0.5, 0.6) is 0 Å². The van der Waals surface area contributed by atoms with Crippen molar-refractivity contribution in [3.63, 3.8) is 0 Å². The zero-order valence-corrected chi connectivity index (χ0v) is 18.5. The topological polar surface area (TPSA) is 97.2 Å². The summed E-state index contributed by atoms with van der Waals surface area (Å²) in [7, 11) is -3.52. The fraction of sp³-hybridized carbons (Fsp3) is 0.526. The van der Waals surface area contributed by atoms with Gasteiger partial charge in [-0.25, -0.2) is 8.42 Å². The van der Waals surface area contributed by atoms with Gasteiger partial charge in [-0.15, -0.1) is 10.2 Å². The number of benzene rings is 1. The molecule has 0 bridgehead atoms. The molecule has 1 aliphatic heterocycles. The van der Waals surface area contributed by atoms with Crippen LogP contribution in [0.3, 0.4) is 0 Å². The molecular formula is C19H27N5O3S2. The molecule has 29 heavy (non-hydrogen) atoms. The molecule has 0 spiro atoms. The van der Waals surface area contributed by atoms with Crippen LogP contribution < -0.4 is 5.32 Å². The van der Waals surface area contributed by atoms with Crippen LogP contribution in [0, 0.1) is 11.8 Å². The fourth-order valence-electron chi connectivity index (χ4n) is 3.56. The first-order valence-electron chi connectivity index (χ1n) is 9.70. The summed E-state index contributed by atoms with van der Waals surface area (Å²) in [5.41, 5.74) is 0.562. The number of carbonyl (C=O) groups excluding carboxylic acids is 1. The fourth-order valence-corrected chi connectivity index (χ4v) is 6.02. The number of rotatable bonds is 7. The van der Waals surface area contributed by atoms with Crippen LogP contribution in [0.15, 0.2) is 40.6 Å². The highest BCUT2D eigenvalue weighted by atomic mass is 32.2. The molecule has 0 radical (unpaired) electrons. The molecule has 1 N–H and O–H groups in total. The molecular weight excluding hydrogens is 410 g/mol. The highest BCUT2D eigenvalue weighted by Gasteiger charge is 2.31. The van der Waals surface area contributed by atoms with Crippen molar-refractivity contribution in [2.24, 2.45) is 11.8 Å². The van der Waals surface area contributed by atoms with Gasteiger partial charge < -0.3 is 9.88 Å². The number of sulfonamides is 1. The molecule has 10 heteroatoms. The van der Waals surface area contributed by atoms with Crippen molar-refractivity contribution >= 4 is 33.4 Å². The number of amides is 1. The second-order valence-electron chi connectivity index (χ2n) is 7.53. The van der Waals surface area contributed by atoms with E-state index in [9.17, 15) is 13.2 Å². The van der Waals surface area contributed by atoms with E-state index < -0.39 is 10.0 Å². The zero-order chi connectivity index (χ0) is 21.0. The average molecular weight is 438 g/mol. The molecule has 0 saturated carbocycles. The summed E-state index contributed by atoms with van der Waals surface area (Å²) in [5.74, 6) is 0.712.